The first-order chi connectivity index (χ1) is 3.27. The molecule has 1 N–H and O–H groups in total. The lowest BCUT2D eigenvalue weighted by molar-refractivity contribution is 0.331. The molecule has 0 radical (unpaired) electrons. The van der Waals surface area contributed by atoms with Crippen LogP contribution in [0, 0.1) is 0 Å². The van der Waals surface area contributed by atoms with E-state index in [9.17, 15) is 4.57 Å². The monoisotopic (exact) mass is 141 g/mol. The zero-order chi connectivity index (χ0) is 5.70. The molecule has 0 saturated carbocycles. The van der Waals surface area contributed by atoms with Crippen LogP contribution in [0.15, 0.2) is 0 Å². The quantitative estimate of drug-likeness (QED) is 0.470. The molecule has 0 heterocycles. The molecular formula is C2H6O3PS+. The topological polar surface area (TPSA) is 46.5 Å². The second-order valence-corrected chi connectivity index (χ2v) is 2.32. The Hall–Kier alpha value is 0.370. The van der Waals surface area contributed by atoms with Gasteiger partial charge in [-0.05, 0) is 6.26 Å². The van der Waals surface area contributed by atoms with Gasteiger partial charge in [0.15, 0.2) is 5.94 Å². The van der Waals surface area contributed by atoms with E-state index in [1.54, 1.807) is 6.26 Å². The number of hydrogen-bond acceptors (Lipinski definition) is 3. The third kappa shape index (κ3) is 6.37. The van der Waals surface area contributed by atoms with Crippen LogP contribution in [0.4, 0.5) is 0 Å². The van der Waals surface area contributed by atoms with Gasteiger partial charge in [0.25, 0.3) is 0 Å². The predicted octanol–water partition coefficient (Wildman–Crippen LogP) is 0.973. The molecule has 42 valence electrons. The molecule has 0 aromatic rings. The lowest BCUT2D eigenvalue weighted by Crippen LogP contribution is -1.74. The summed E-state index contributed by atoms with van der Waals surface area (Å²) in [5.74, 6) is 0.283. The molecule has 0 aromatic heterocycles. The van der Waals surface area contributed by atoms with Crippen molar-refractivity contribution in [2.24, 2.45) is 0 Å². The summed E-state index contributed by atoms with van der Waals surface area (Å²) in [5.41, 5.74) is 0. The van der Waals surface area contributed by atoms with E-state index in [0.29, 0.717) is 0 Å². The Morgan fingerprint density at radius 3 is 2.71 bits per heavy atom. The first kappa shape index (κ1) is 7.37. The lowest BCUT2D eigenvalue weighted by Gasteiger charge is -1.77. The van der Waals surface area contributed by atoms with Crippen LogP contribution < -0.4 is 0 Å². The zero-order valence-corrected chi connectivity index (χ0v) is 5.54. The van der Waals surface area contributed by atoms with Crippen LogP contribution in [0.25, 0.3) is 0 Å². The van der Waals surface area contributed by atoms with Crippen molar-refractivity contribution in [2.45, 2.75) is 0 Å². The van der Waals surface area contributed by atoms with Crippen LogP contribution >= 0.6 is 20.0 Å². The smallest absolute Gasteiger partial charge is 0.133 e. The molecule has 3 nitrogen and oxygen atoms in total. The molecule has 1 unspecified atom stereocenters. The third-order valence-corrected chi connectivity index (χ3v) is 1.16. The molecule has 0 rings (SSSR count). The maximum absolute atomic E-state index is 9.67. The maximum Gasteiger partial charge on any atom is 0.695 e. The van der Waals surface area contributed by atoms with Crippen LogP contribution in [0.5, 0.6) is 0 Å². The molecule has 0 amide bonds. The Morgan fingerprint density at radius 1 is 2.00 bits per heavy atom. The highest BCUT2D eigenvalue weighted by Crippen LogP contribution is 2.15. The minimum absolute atomic E-state index is 0.283. The van der Waals surface area contributed by atoms with E-state index in [4.69, 9.17) is 4.89 Å². The highest BCUT2D eigenvalue weighted by Gasteiger charge is 2.08. The molecule has 1 atom stereocenters. The van der Waals surface area contributed by atoms with Crippen LogP contribution in [0.2, 0.25) is 0 Å². The molecule has 0 aliphatic heterocycles. The van der Waals surface area contributed by atoms with E-state index >= 15 is 0 Å². The molecule has 0 aromatic carbocycles. The minimum atomic E-state index is -2.38. The highest BCUT2D eigenvalue weighted by atomic mass is 32.2. The van der Waals surface area contributed by atoms with Gasteiger partial charge >= 0.3 is 8.25 Å². The summed E-state index contributed by atoms with van der Waals surface area (Å²) in [7, 11) is -2.38. The first-order valence-electron chi connectivity index (χ1n) is 1.55. The summed E-state index contributed by atoms with van der Waals surface area (Å²) < 4.78 is 13.9. The Morgan fingerprint density at radius 2 is 2.57 bits per heavy atom. The summed E-state index contributed by atoms with van der Waals surface area (Å²) in [6.45, 7) is 0. The molecule has 5 heteroatoms. The lowest BCUT2D eigenvalue weighted by atomic mass is 11.7. The zero-order valence-electron chi connectivity index (χ0n) is 3.83. The Kier molecular flexibility index (Phi) is 4.77. The van der Waals surface area contributed by atoms with E-state index in [0.717, 1.165) is 0 Å². The van der Waals surface area contributed by atoms with Crippen molar-refractivity contribution < 1.29 is 14.0 Å². The summed E-state index contributed by atoms with van der Waals surface area (Å²) in [4.78, 5) is 7.96. The van der Waals surface area contributed by atoms with Gasteiger partial charge in [-0.3, -0.25) is 0 Å². The van der Waals surface area contributed by atoms with Crippen molar-refractivity contribution in [3.63, 3.8) is 0 Å². The van der Waals surface area contributed by atoms with Gasteiger partial charge in [0, 0.05) is 4.57 Å². The molecule has 0 aliphatic carbocycles. The maximum atomic E-state index is 9.67. The third-order valence-electron chi connectivity index (χ3n) is 0.281. The first-order valence-corrected chi connectivity index (χ1v) is 4.07. The highest BCUT2D eigenvalue weighted by molar-refractivity contribution is 7.98. The van der Waals surface area contributed by atoms with Crippen LogP contribution in [-0.2, 0) is 9.09 Å². The van der Waals surface area contributed by atoms with Gasteiger partial charge < -0.3 is 0 Å². The second-order valence-electron chi connectivity index (χ2n) is 0.773. The molecule has 0 saturated heterocycles. The minimum Gasteiger partial charge on any atom is -0.133 e. The van der Waals surface area contributed by atoms with Crippen molar-refractivity contribution in [3.8, 4) is 0 Å². The molecule has 0 bridgehead atoms. The van der Waals surface area contributed by atoms with Gasteiger partial charge in [0.1, 0.15) is 0 Å². The van der Waals surface area contributed by atoms with E-state index in [1.807, 2.05) is 0 Å². The second kappa shape index (κ2) is 4.53. The van der Waals surface area contributed by atoms with E-state index in [2.05, 4.69) is 4.52 Å². The molecular weight excluding hydrogens is 135 g/mol. The number of rotatable bonds is 3. The normalized spacial score (nSPS) is 11.4. The standard InChI is InChI=1S/C2H5O3PS/c1-7-2-5-6(3)4/h2H2,1H3/p+1. The summed E-state index contributed by atoms with van der Waals surface area (Å²) in [6, 6.07) is 0. The van der Waals surface area contributed by atoms with E-state index < -0.39 is 8.25 Å². The van der Waals surface area contributed by atoms with E-state index in [1.165, 1.54) is 11.8 Å². The van der Waals surface area contributed by atoms with Crippen LogP contribution in [0.1, 0.15) is 0 Å². The summed E-state index contributed by atoms with van der Waals surface area (Å²) >= 11 is 1.36. The fourth-order valence-corrected chi connectivity index (χ4v) is 0.880. The summed E-state index contributed by atoms with van der Waals surface area (Å²) in [6.07, 6.45) is 1.79. The molecule has 0 aliphatic rings. The molecule has 7 heavy (non-hydrogen) atoms. The predicted molar refractivity (Wildman–Crippen MR) is 29.3 cm³/mol. The van der Waals surface area contributed by atoms with Crippen molar-refractivity contribution in [3.05, 3.63) is 0 Å². The Balaban J connectivity index is 2.82. The van der Waals surface area contributed by atoms with Crippen molar-refractivity contribution in [1.82, 2.24) is 0 Å². The fourth-order valence-electron chi connectivity index (χ4n) is 0.0978. The van der Waals surface area contributed by atoms with Gasteiger partial charge in [-0.2, -0.15) is 0 Å². The van der Waals surface area contributed by atoms with E-state index in [-0.39, 0.29) is 5.94 Å². The summed E-state index contributed by atoms with van der Waals surface area (Å²) in [5, 5.41) is 0. The van der Waals surface area contributed by atoms with Gasteiger partial charge in [-0.15, -0.1) is 21.2 Å². The fraction of sp³-hybridized carbons (Fsp3) is 1.00. The van der Waals surface area contributed by atoms with Gasteiger partial charge in [0.05, 0.1) is 0 Å². The van der Waals surface area contributed by atoms with Crippen molar-refractivity contribution in [2.75, 3.05) is 12.2 Å². The Labute approximate surface area is 47.0 Å². The average molecular weight is 141 g/mol. The van der Waals surface area contributed by atoms with Crippen LogP contribution in [-0.4, -0.2) is 17.1 Å². The van der Waals surface area contributed by atoms with Gasteiger partial charge in [0.2, 0.25) is 0 Å². The molecule has 0 fully saturated rings. The SMILES string of the molecule is CSCO[P+](=O)O. The van der Waals surface area contributed by atoms with Crippen LogP contribution in [0.3, 0.4) is 0 Å². The van der Waals surface area contributed by atoms with Gasteiger partial charge in [-0.1, -0.05) is 0 Å². The number of thioether (sulfide) groups is 1. The number of hydrogen-bond donors (Lipinski definition) is 1. The van der Waals surface area contributed by atoms with Crippen molar-refractivity contribution in [1.29, 1.82) is 0 Å². The molecule has 0 spiro atoms. The average Bonchev–Trinajstić information content (AvgIpc) is 1.61. The largest absolute Gasteiger partial charge is 0.695 e. The van der Waals surface area contributed by atoms with Gasteiger partial charge in [-0.25, -0.2) is 0 Å². The van der Waals surface area contributed by atoms with Crippen molar-refractivity contribution >= 4 is 20.0 Å². The Bertz CT molecular complexity index is 66.0.